The van der Waals surface area contributed by atoms with Crippen molar-refractivity contribution in [1.29, 1.82) is 0 Å². The maximum absolute atomic E-state index is 12.4. The first kappa shape index (κ1) is 55.1. The summed E-state index contributed by atoms with van der Waals surface area (Å²) in [5.74, 6) is 0.235. The number of rotatable bonds is 15. The number of ether oxygens (including phenoxy) is 5. The zero-order valence-electron chi connectivity index (χ0n) is 37.5. The fraction of sp³-hybridized carbons (Fsp3) is 0.773. The molecule has 16 N–H and O–H groups in total. The van der Waals surface area contributed by atoms with Gasteiger partial charge < -0.3 is 106 Å². The van der Waals surface area contributed by atoms with Crippen LogP contribution in [0.15, 0.2) is 42.0 Å². The van der Waals surface area contributed by atoms with Crippen molar-refractivity contribution in [2.75, 3.05) is 19.8 Å². The number of carbonyl (C=O) groups is 2. The van der Waals surface area contributed by atoms with Crippen molar-refractivity contribution in [3.05, 3.63) is 47.5 Å². The number of aliphatic hydroxyl groups excluding tert-OH is 13. The Kier molecular flexibility index (Phi) is 20.4. The summed E-state index contributed by atoms with van der Waals surface area (Å²) in [7, 11) is 0. The molecule has 1 aromatic carbocycles. The standard InChI is InChI=1S/C25H43NO18.C19H27NO3/c1-6-11(26-8-2-7(3-27)12(30)15(33)13(8)31)14(32)19(37)24(40-6)43-22-10(5-29)42-25(20(38)17(22)35)44-21-9(4-28)41-23(39)18(36)16(21)34;1-13(2)15-8-10-16(11-9-15)18(21)20-17(19(22)23)12-14-6-4-3-5-7-14/h2,6,8-39H,3-5H2,1H3;3-7,13,15-17H,8-12H2,1-2H3,(H,20,21)(H,22,23)/t6-,8+,9-,10-,11-,12-,13+,14+,15+,16-,17-,18-,19-,20-,21-,22-,23-,24-,25-;15-,16-,17-/m11/s1. The highest BCUT2D eigenvalue weighted by molar-refractivity contribution is 5.85. The van der Waals surface area contributed by atoms with Crippen LogP contribution in [0, 0.1) is 17.8 Å². The van der Waals surface area contributed by atoms with Gasteiger partial charge in [0.25, 0.3) is 0 Å². The van der Waals surface area contributed by atoms with Gasteiger partial charge >= 0.3 is 5.97 Å². The Hall–Kier alpha value is -2.86. The van der Waals surface area contributed by atoms with E-state index in [1.165, 1.54) is 13.0 Å². The van der Waals surface area contributed by atoms with Crippen LogP contribution < -0.4 is 10.6 Å². The molecule has 1 amide bonds. The average molecular weight is 963 g/mol. The molecule has 3 aliphatic heterocycles. The number of hydrogen-bond donors (Lipinski definition) is 16. The monoisotopic (exact) mass is 962 g/mol. The summed E-state index contributed by atoms with van der Waals surface area (Å²) in [4.78, 5) is 23.9. The molecule has 1 aromatic rings. The number of carboxylic acids is 1. The van der Waals surface area contributed by atoms with Crippen LogP contribution in [0.1, 0.15) is 52.0 Å². The molecule has 0 unspecified atom stereocenters. The minimum atomic E-state index is -1.93. The fourth-order valence-electron chi connectivity index (χ4n) is 9.20. The van der Waals surface area contributed by atoms with Crippen molar-refractivity contribution in [2.45, 2.75) is 175 Å². The topological polar surface area (TPSA) is 388 Å². The molecule has 5 aliphatic rings. The van der Waals surface area contributed by atoms with E-state index >= 15 is 0 Å². The first-order valence-electron chi connectivity index (χ1n) is 22.7. The fourth-order valence-corrected chi connectivity index (χ4v) is 9.20. The van der Waals surface area contributed by atoms with Gasteiger partial charge in [-0.2, -0.15) is 0 Å². The molecule has 0 radical (unpaired) electrons. The first-order valence-corrected chi connectivity index (χ1v) is 22.7. The molecule has 382 valence electrons. The average Bonchev–Trinajstić information content (AvgIpc) is 3.31. The van der Waals surface area contributed by atoms with Crippen LogP contribution in [0.4, 0.5) is 0 Å². The van der Waals surface area contributed by atoms with E-state index in [1.807, 2.05) is 30.3 Å². The van der Waals surface area contributed by atoms with Crippen molar-refractivity contribution in [3.8, 4) is 0 Å². The predicted octanol–water partition coefficient (Wildman–Crippen LogP) is -5.30. The summed E-state index contributed by atoms with van der Waals surface area (Å²) >= 11 is 0. The van der Waals surface area contributed by atoms with E-state index in [4.69, 9.17) is 23.7 Å². The summed E-state index contributed by atoms with van der Waals surface area (Å²) in [6.07, 6.45) is -22.4. The van der Waals surface area contributed by atoms with E-state index in [0.29, 0.717) is 18.3 Å². The van der Waals surface area contributed by atoms with Crippen molar-refractivity contribution in [2.24, 2.45) is 17.8 Å². The molecule has 3 heterocycles. The normalized spacial score (nSPS) is 41.9. The minimum Gasteiger partial charge on any atom is -0.480 e. The quantitative estimate of drug-likeness (QED) is 0.0730. The number of aliphatic carboxylic acids is 1. The third-order valence-electron chi connectivity index (χ3n) is 13.5. The highest BCUT2D eigenvalue weighted by atomic mass is 16.7. The van der Waals surface area contributed by atoms with Gasteiger partial charge in [0.05, 0.1) is 38.0 Å². The van der Waals surface area contributed by atoms with Gasteiger partial charge in [0.2, 0.25) is 5.91 Å². The van der Waals surface area contributed by atoms with E-state index in [-0.39, 0.29) is 17.4 Å². The maximum Gasteiger partial charge on any atom is 0.326 e. The largest absolute Gasteiger partial charge is 0.480 e. The van der Waals surface area contributed by atoms with Gasteiger partial charge in [-0.1, -0.05) is 50.3 Å². The lowest BCUT2D eigenvalue weighted by Crippen LogP contribution is -2.68. The van der Waals surface area contributed by atoms with Gasteiger partial charge in [0, 0.05) is 12.3 Å². The third-order valence-corrected chi connectivity index (χ3v) is 13.5. The maximum atomic E-state index is 12.4. The highest BCUT2D eigenvalue weighted by Gasteiger charge is 2.53. The lowest BCUT2D eigenvalue weighted by atomic mass is 9.76. The van der Waals surface area contributed by atoms with Gasteiger partial charge in [0.1, 0.15) is 85.4 Å². The van der Waals surface area contributed by atoms with Gasteiger partial charge in [0.15, 0.2) is 18.9 Å². The molecule has 6 rings (SSSR count). The van der Waals surface area contributed by atoms with Crippen LogP contribution in [0.3, 0.4) is 0 Å². The van der Waals surface area contributed by atoms with Crippen molar-refractivity contribution in [1.82, 2.24) is 10.6 Å². The third kappa shape index (κ3) is 13.3. The zero-order chi connectivity index (χ0) is 49.4. The van der Waals surface area contributed by atoms with Gasteiger partial charge in [-0.05, 0) is 55.6 Å². The SMILES string of the molecule is CC(C)[C@H]1CC[C@H](C(=O)N[C@H](Cc2ccccc2)C(=O)O)CC1.C[C@H]1O[C@H](O[C@H]2[C@H](O)[C@@H](O)[C@@H](O[C@H]3[C@H](O)[C@@H](O)[C@H](O)O[C@@H]3CO)O[C@@H]2CO)[C@H](O)[C@@H](O)[C@@H]1N[C@H]1C=C(CO)[C@@H](O)[C@H](O)[C@H]1O. The van der Waals surface area contributed by atoms with Crippen LogP contribution in [0.25, 0.3) is 0 Å². The van der Waals surface area contributed by atoms with Gasteiger partial charge in [-0.25, -0.2) is 4.79 Å². The second-order valence-corrected chi connectivity index (χ2v) is 18.3. The molecule has 23 nitrogen and oxygen atoms in total. The van der Waals surface area contributed by atoms with E-state index in [1.54, 1.807) is 0 Å². The zero-order valence-corrected chi connectivity index (χ0v) is 37.5. The number of amides is 1. The predicted molar refractivity (Wildman–Crippen MR) is 228 cm³/mol. The molecule has 23 heteroatoms. The molecular weight excluding hydrogens is 892 g/mol. The minimum absolute atomic E-state index is 0.0225. The highest BCUT2D eigenvalue weighted by Crippen LogP contribution is 2.35. The molecule has 0 aromatic heterocycles. The van der Waals surface area contributed by atoms with Crippen LogP contribution in [-0.4, -0.2) is 226 Å². The molecular formula is C44H70N2O21. The first-order chi connectivity index (χ1) is 31.7. The molecule has 0 bridgehead atoms. The van der Waals surface area contributed by atoms with Crippen LogP contribution in [0.2, 0.25) is 0 Å². The summed E-state index contributed by atoms with van der Waals surface area (Å²) in [6, 6.07) is 6.40. The number of aliphatic hydroxyl groups is 13. The number of hydrogen-bond acceptors (Lipinski definition) is 21. The number of benzene rings is 1. The summed E-state index contributed by atoms with van der Waals surface area (Å²) in [6.45, 7) is 3.70. The summed E-state index contributed by atoms with van der Waals surface area (Å²) in [5, 5.41) is 148. The number of carbonyl (C=O) groups excluding carboxylic acids is 1. The molecule has 2 aliphatic carbocycles. The van der Waals surface area contributed by atoms with Crippen molar-refractivity contribution >= 4 is 11.9 Å². The Bertz CT molecular complexity index is 1720. The van der Waals surface area contributed by atoms with E-state index in [2.05, 4.69) is 24.5 Å². The molecule has 4 fully saturated rings. The molecule has 0 spiro atoms. The second kappa shape index (κ2) is 24.8. The molecule has 20 atom stereocenters. The number of carboxylic acid groups (broad SMARTS) is 1. The van der Waals surface area contributed by atoms with Crippen LogP contribution in [-0.2, 0) is 39.7 Å². The van der Waals surface area contributed by atoms with E-state index in [0.717, 1.165) is 31.2 Å². The lowest BCUT2D eigenvalue weighted by molar-refractivity contribution is -0.373. The van der Waals surface area contributed by atoms with Crippen LogP contribution in [0.5, 0.6) is 0 Å². The molecule has 1 saturated carbocycles. The lowest BCUT2D eigenvalue weighted by Gasteiger charge is -2.48. The smallest absolute Gasteiger partial charge is 0.326 e. The van der Waals surface area contributed by atoms with E-state index in [9.17, 15) is 81.1 Å². The van der Waals surface area contributed by atoms with Gasteiger partial charge in [-0.3, -0.25) is 4.79 Å². The molecule has 3 saturated heterocycles. The number of nitrogens with one attached hydrogen (secondary N) is 2. The Labute approximate surface area is 387 Å². The molecule has 67 heavy (non-hydrogen) atoms. The Morgan fingerprint density at radius 1 is 0.701 bits per heavy atom. The Balaban J connectivity index is 0.000000306. The van der Waals surface area contributed by atoms with Crippen molar-refractivity contribution < 1.29 is 105 Å². The second-order valence-electron chi connectivity index (χ2n) is 18.3. The van der Waals surface area contributed by atoms with Crippen molar-refractivity contribution in [3.63, 3.8) is 0 Å². The van der Waals surface area contributed by atoms with E-state index < -0.39 is 148 Å². The Morgan fingerprint density at radius 3 is 1.81 bits per heavy atom. The van der Waals surface area contributed by atoms with Crippen LogP contribution >= 0.6 is 0 Å². The summed E-state index contributed by atoms with van der Waals surface area (Å²) < 4.78 is 27.4. The van der Waals surface area contributed by atoms with Gasteiger partial charge in [-0.15, -0.1) is 0 Å². The summed E-state index contributed by atoms with van der Waals surface area (Å²) in [5.41, 5.74) is 0.943. The Morgan fingerprint density at radius 2 is 1.25 bits per heavy atom.